The fourth-order valence-corrected chi connectivity index (χ4v) is 4.76. The molecule has 1 aliphatic rings. The van der Waals surface area contributed by atoms with Crippen LogP contribution in [-0.4, -0.2) is 42.3 Å². The van der Waals surface area contributed by atoms with E-state index in [4.69, 9.17) is 14.2 Å². The van der Waals surface area contributed by atoms with Gasteiger partial charge in [0.05, 0.1) is 29.6 Å². The summed E-state index contributed by atoms with van der Waals surface area (Å²) >= 11 is 7.68. The molecule has 0 aromatic heterocycles. The number of carbonyl (C=O) groups is 3. The van der Waals surface area contributed by atoms with Crippen molar-refractivity contribution in [3.8, 4) is 11.5 Å². The Bertz CT molecular complexity index is 1090. The van der Waals surface area contributed by atoms with Crippen LogP contribution in [0.5, 0.6) is 11.5 Å². The molecule has 10 heteroatoms. The molecule has 1 saturated heterocycles. The van der Waals surface area contributed by atoms with Gasteiger partial charge in [-0.15, -0.1) is 0 Å². The lowest BCUT2D eigenvalue weighted by atomic mass is 10.1. The molecular weight excluding hydrogens is 566 g/mol. The minimum absolute atomic E-state index is 0.190. The highest BCUT2D eigenvalue weighted by atomic mass is 79.9. The van der Waals surface area contributed by atoms with Crippen LogP contribution in [0.15, 0.2) is 50.2 Å². The second-order valence-electron chi connectivity index (χ2n) is 6.53. The molecular formula is C22H19Br2NO6S. The number of nitrogens with zero attached hydrogens (tertiary/aromatic N) is 1. The first-order valence-electron chi connectivity index (χ1n) is 9.48. The van der Waals surface area contributed by atoms with Crippen molar-refractivity contribution >= 4 is 66.8 Å². The van der Waals surface area contributed by atoms with Crippen LogP contribution >= 0.6 is 43.6 Å². The Kier molecular flexibility index (Phi) is 8.38. The molecule has 32 heavy (non-hydrogen) atoms. The van der Waals surface area contributed by atoms with Crippen LogP contribution in [0.3, 0.4) is 0 Å². The van der Waals surface area contributed by atoms with Crippen molar-refractivity contribution in [1.82, 2.24) is 4.90 Å². The molecule has 0 spiro atoms. The van der Waals surface area contributed by atoms with E-state index in [2.05, 4.69) is 31.9 Å². The van der Waals surface area contributed by atoms with Crippen molar-refractivity contribution < 1.29 is 28.6 Å². The van der Waals surface area contributed by atoms with E-state index in [9.17, 15) is 14.4 Å². The van der Waals surface area contributed by atoms with Crippen molar-refractivity contribution in [3.05, 3.63) is 61.4 Å². The molecule has 3 rings (SSSR count). The Morgan fingerprint density at radius 3 is 2.66 bits per heavy atom. The number of methoxy groups -OCH3 is 1. The molecule has 1 heterocycles. The standard InChI is InChI=1S/C22H19Br2NO6S/c1-3-30-19(26)12-31-20-16(24)8-14(9-17(20)29-2)10-18-21(27)25(22(28)32-18)11-13-5-4-6-15(23)7-13/h4-10H,3,11-12H2,1-2H3/b18-10-. The maximum Gasteiger partial charge on any atom is 0.344 e. The second kappa shape index (κ2) is 11.0. The predicted octanol–water partition coefficient (Wildman–Crippen LogP) is 5.40. The van der Waals surface area contributed by atoms with Crippen LogP contribution in [0.1, 0.15) is 18.1 Å². The summed E-state index contributed by atoms with van der Waals surface area (Å²) in [5, 5.41) is -0.332. The number of ether oxygens (including phenoxy) is 3. The summed E-state index contributed by atoms with van der Waals surface area (Å²) in [4.78, 5) is 38.4. The quantitative estimate of drug-likeness (QED) is 0.303. The lowest BCUT2D eigenvalue weighted by molar-refractivity contribution is -0.145. The summed E-state index contributed by atoms with van der Waals surface area (Å²) in [5.41, 5.74) is 1.47. The number of hydrogen-bond donors (Lipinski definition) is 0. The van der Waals surface area contributed by atoms with Crippen LogP contribution in [0, 0.1) is 0 Å². The molecule has 0 bridgehead atoms. The zero-order valence-electron chi connectivity index (χ0n) is 17.2. The molecule has 0 atom stereocenters. The Morgan fingerprint density at radius 2 is 1.97 bits per heavy atom. The van der Waals surface area contributed by atoms with Gasteiger partial charge in [-0.2, -0.15) is 0 Å². The number of imide groups is 1. The van der Waals surface area contributed by atoms with Gasteiger partial charge >= 0.3 is 5.97 Å². The van der Waals surface area contributed by atoms with Gasteiger partial charge in [0, 0.05) is 4.47 Å². The van der Waals surface area contributed by atoms with E-state index < -0.39 is 5.97 Å². The SMILES string of the molecule is CCOC(=O)COc1c(Br)cc(/C=C2\SC(=O)N(Cc3cccc(Br)c3)C2=O)cc1OC. The number of halogens is 2. The van der Waals surface area contributed by atoms with Crippen molar-refractivity contribution in [2.75, 3.05) is 20.3 Å². The molecule has 2 aromatic rings. The normalized spacial score (nSPS) is 14.8. The molecule has 0 N–H and O–H groups in total. The molecule has 168 valence electrons. The van der Waals surface area contributed by atoms with E-state index in [1.54, 1.807) is 25.1 Å². The monoisotopic (exact) mass is 583 g/mol. The maximum absolute atomic E-state index is 12.8. The van der Waals surface area contributed by atoms with E-state index in [1.807, 2.05) is 24.3 Å². The number of hydrogen-bond acceptors (Lipinski definition) is 7. The Labute approximate surface area is 206 Å². The van der Waals surface area contributed by atoms with E-state index in [-0.39, 0.29) is 30.9 Å². The Hall–Kier alpha value is -2.30. The summed E-state index contributed by atoms with van der Waals surface area (Å²) in [6, 6.07) is 10.8. The summed E-state index contributed by atoms with van der Waals surface area (Å²) < 4.78 is 17.2. The predicted molar refractivity (Wildman–Crippen MR) is 128 cm³/mol. The van der Waals surface area contributed by atoms with Crippen LogP contribution in [0.25, 0.3) is 6.08 Å². The number of esters is 1. The van der Waals surface area contributed by atoms with Gasteiger partial charge in [-0.25, -0.2) is 4.79 Å². The average molecular weight is 585 g/mol. The summed E-state index contributed by atoms with van der Waals surface area (Å²) in [5.74, 6) is -0.161. The topological polar surface area (TPSA) is 82.1 Å². The molecule has 1 aliphatic heterocycles. The van der Waals surface area contributed by atoms with Gasteiger partial charge in [0.25, 0.3) is 11.1 Å². The Morgan fingerprint density at radius 1 is 1.19 bits per heavy atom. The maximum atomic E-state index is 12.8. The molecule has 0 radical (unpaired) electrons. The van der Waals surface area contributed by atoms with Crippen LogP contribution in [-0.2, 0) is 20.9 Å². The van der Waals surface area contributed by atoms with E-state index >= 15 is 0 Å². The molecule has 1 fully saturated rings. The highest BCUT2D eigenvalue weighted by Crippen LogP contribution is 2.39. The second-order valence-corrected chi connectivity index (χ2v) is 9.29. The summed E-state index contributed by atoms with van der Waals surface area (Å²) in [6.07, 6.45) is 1.62. The third-order valence-electron chi connectivity index (χ3n) is 4.29. The molecule has 7 nitrogen and oxygen atoms in total. The first-order valence-corrected chi connectivity index (χ1v) is 11.9. The van der Waals surface area contributed by atoms with Gasteiger partial charge in [0.2, 0.25) is 0 Å². The lowest BCUT2D eigenvalue weighted by Gasteiger charge is -2.13. The van der Waals surface area contributed by atoms with Gasteiger partial charge in [-0.3, -0.25) is 14.5 Å². The number of benzene rings is 2. The van der Waals surface area contributed by atoms with Crippen molar-refractivity contribution in [3.63, 3.8) is 0 Å². The molecule has 2 aromatic carbocycles. The van der Waals surface area contributed by atoms with Gasteiger partial charge in [-0.1, -0.05) is 28.1 Å². The zero-order chi connectivity index (χ0) is 23.3. The number of rotatable bonds is 8. The first-order chi connectivity index (χ1) is 15.3. The minimum atomic E-state index is -0.496. The number of thioether (sulfide) groups is 1. The Balaban J connectivity index is 1.80. The lowest BCUT2D eigenvalue weighted by Crippen LogP contribution is -2.27. The highest BCUT2D eigenvalue weighted by molar-refractivity contribution is 9.10. The summed E-state index contributed by atoms with van der Waals surface area (Å²) in [7, 11) is 1.47. The fraction of sp³-hybridized carbons (Fsp3) is 0.227. The van der Waals surface area contributed by atoms with E-state index in [0.29, 0.717) is 26.4 Å². The van der Waals surface area contributed by atoms with Gasteiger partial charge in [0.1, 0.15) is 0 Å². The van der Waals surface area contributed by atoms with Crippen LogP contribution < -0.4 is 9.47 Å². The number of amides is 2. The largest absolute Gasteiger partial charge is 0.493 e. The van der Waals surface area contributed by atoms with Crippen LogP contribution in [0.4, 0.5) is 4.79 Å². The van der Waals surface area contributed by atoms with Gasteiger partial charge < -0.3 is 14.2 Å². The van der Waals surface area contributed by atoms with Crippen molar-refractivity contribution in [2.45, 2.75) is 13.5 Å². The van der Waals surface area contributed by atoms with Crippen molar-refractivity contribution in [2.24, 2.45) is 0 Å². The minimum Gasteiger partial charge on any atom is -0.493 e. The zero-order valence-corrected chi connectivity index (χ0v) is 21.2. The van der Waals surface area contributed by atoms with E-state index in [0.717, 1.165) is 21.8 Å². The highest BCUT2D eigenvalue weighted by Gasteiger charge is 2.35. The average Bonchev–Trinajstić information content (AvgIpc) is 3.00. The van der Waals surface area contributed by atoms with Crippen LogP contribution in [0.2, 0.25) is 0 Å². The van der Waals surface area contributed by atoms with Gasteiger partial charge in [0.15, 0.2) is 18.1 Å². The fourth-order valence-electron chi connectivity index (χ4n) is 2.90. The van der Waals surface area contributed by atoms with Gasteiger partial charge in [-0.05, 0) is 76.1 Å². The molecule has 0 aliphatic carbocycles. The first kappa shape index (κ1) is 24.3. The third kappa shape index (κ3) is 5.93. The third-order valence-corrected chi connectivity index (χ3v) is 6.28. The molecule has 2 amide bonds. The van der Waals surface area contributed by atoms with E-state index in [1.165, 1.54) is 12.0 Å². The molecule has 0 saturated carbocycles. The number of carbonyl (C=O) groups excluding carboxylic acids is 3. The van der Waals surface area contributed by atoms with Crippen molar-refractivity contribution in [1.29, 1.82) is 0 Å². The summed E-state index contributed by atoms with van der Waals surface area (Å²) in [6.45, 7) is 1.89. The smallest absolute Gasteiger partial charge is 0.344 e. The molecule has 0 unspecified atom stereocenters.